The number of rotatable bonds is 5. The van der Waals surface area contributed by atoms with Gasteiger partial charge in [-0.25, -0.2) is 0 Å². The molecule has 102 valence electrons. The van der Waals surface area contributed by atoms with Crippen molar-refractivity contribution in [2.24, 2.45) is 5.92 Å². The SMILES string of the molecule is O=C(COc1ccc([N+](=O)[O-])c2ccccc12)C1CC1. The van der Waals surface area contributed by atoms with E-state index < -0.39 is 4.92 Å². The van der Waals surface area contributed by atoms with E-state index in [4.69, 9.17) is 4.74 Å². The van der Waals surface area contributed by atoms with Crippen LogP contribution in [-0.4, -0.2) is 17.3 Å². The monoisotopic (exact) mass is 271 g/mol. The summed E-state index contributed by atoms with van der Waals surface area (Å²) in [5.41, 5.74) is 0.0430. The normalized spacial score (nSPS) is 14.2. The Bertz CT molecular complexity index is 691. The van der Waals surface area contributed by atoms with E-state index in [9.17, 15) is 14.9 Å². The largest absolute Gasteiger partial charge is 0.485 e. The molecule has 0 atom stereocenters. The molecular formula is C15H13NO4. The average molecular weight is 271 g/mol. The zero-order valence-corrected chi connectivity index (χ0v) is 10.7. The molecule has 0 aliphatic heterocycles. The van der Waals surface area contributed by atoms with E-state index in [-0.39, 0.29) is 24.0 Å². The molecule has 0 N–H and O–H groups in total. The zero-order valence-electron chi connectivity index (χ0n) is 10.7. The third-order valence-corrected chi connectivity index (χ3v) is 3.46. The van der Waals surface area contributed by atoms with Gasteiger partial charge in [0.25, 0.3) is 5.69 Å². The van der Waals surface area contributed by atoms with Gasteiger partial charge in [-0.3, -0.25) is 14.9 Å². The maximum Gasteiger partial charge on any atom is 0.277 e. The quantitative estimate of drug-likeness (QED) is 0.619. The van der Waals surface area contributed by atoms with Crippen molar-refractivity contribution in [2.45, 2.75) is 12.8 Å². The van der Waals surface area contributed by atoms with Gasteiger partial charge in [-0.15, -0.1) is 0 Å². The van der Waals surface area contributed by atoms with E-state index in [1.54, 1.807) is 30.3 Å². The van der Waals surface area contributed by atoms with Gasteiger partial charge in [0, 0.05) is 17.4 Å². The van der Waals surface area contributed by atoms with Crippen molar-refractivity contribution in [3.63, 3.8) is 0 Å². The van der Waals surface area contributed by atoms with Crippen LogP contribution in [0, 0.1) is 16.0 Å². The van der Waals surface area contributed by atoms with Gasteiger partial charge >= 0.3 is 0 Å². The molecule has 3 rings (SSSR count). The van der Waals surface area contributed by atoms with Crippen LogP contribution in [0.3, 0.4) is 0 Å². The molecule has 20 heavy (non-hydrogen) atoms. The van der Waals surface area contributed by atoms with Gasteiger partial charge in [-0.1, -0.05) is 18.2 Å². The average Bonchev–Trinajstić information content (AvgIpc) is 3.28. The molecule has 1 saturated carbocycles. The lowest BCUT2D eigenvalue weighted by atomic mass is 10.1. The predicted molar refractivity (Wildman–Crippen MR) is 73.8 cm³/mol. The van der Waals surface area contributed by atoms with Crippen molar-refractivity contribution in [3.05, 3.63) is 46.5 Å². The highest BCUT2D eigenvalue weighted by Gasteiger charge is 2.29. The maximum atomic E-state index is 11.7. The lowest BCUT2D eigenvalue weighted by molar-refractivity contribution is -0.383. The molecule has 2 aromatic rings. The first-order chi connectivity index (χ1) is 9.66. The van der Waals surface area contributed by atoms with E-state index in [0.717, 1.165) is 12.8 Å². The summed E-state index contributed by atoms with van der Waals surface area (Å²) in [7, 11) is 0. The summed E-state index contributed by atoms with van der Waals surface area (Å²) in [6.45, 7) is 0.0342. The Kier molecular flexibility index (Phi) is 3.10. The highest BCUT2D eigenvalue weighted by Crippen LogP contribution is 2.34. The molecule has 0 radical (unpaired) electrons. The number of benzene rings is 2. The van der Waals surface area contributed by atoms with Gasteiger partial charge in [0.2, 0.25) is 0 Å². The minimum atomic E-state index is -0.415. The minimum absolute atomic E-state index is 0.0342. The molecule has 0 spiro atoms. The number of hydrogen-bond donors (Lipinski definition) is 0. The number of ether oxygens (including phenoxy) is 1. The smallest absolute Gasteiger partial charge is 0.277 e. The summed E-state index contributed by atoms with van der Waals surface area (Å²) in [6, 6.07) is 9.96. The molecule has 0 aromatic heterocycles. The standard InChI is InChI=1S/C15H13NO4/c17-14(10-5-6-10)9-20-15-8-7-13(16(18)19)11-3-1-2-4-12(11)15/h1-4,7-8,10H,5-6,9H2. The molecule has 5 heteroatoms. The lowest BCUT2D eigenvalue weighted by Crippen LogP contribution is -2.13. The van der Waals surface area contributed by atoms with Crippen LogP contribution in [0.1, 0.15) is 12.8 Å². The second-order valence-corrected chi connectivity index (χ2v) is 4.91. The summed E-state index contributed by atoms with van der Waals surface area (Å²) in [5, 5.41) is 12.2. The van der Waals surface area contributed by atoms with Crippen LogP contribution < -0.4 is 4.74 Å². The van der Waals surface area contributed by atoms with Crippen molar-refractivity contribution in [3.8, 4) is 5.75 Å². The molecule has 1 fully saturated rings. The van der Waals surface area contributed by atoms with Crippen LogP contribution in [0.4, 0.5) is 5.69 Å². The molecule has 1 aliphatic rings. The maximum absolute atomic E-state index is 11.7. The highest BCUT2D eigenvalue weighted by molar-refractivity contribution is 5.95. The van der Waals surface area contributed by atoms with Gasteiger partial charge in [0.15, 0.2) is 5.78 Å². The van der Waals surface area contributed by atoms with E-state index >= 15 is 0 Å². The van der Waals surface area contributed by atoms with E-state index in [1.807, 2.05) is 0 Å². The van der Waals surface area contributed by atoms with E-state index in [2.05, 4.69) is 0 Å². The van der Waals surface area contributed by atoms with Crippen LogP contribution in [0.5, 0.6) is 5.75 Å². The first-order valence-electron chi connectivity index (χ1n) is 6.48. The molecule has 0 unspecified atom stereocenters. The second kappa shape index (κ2) is 4.92. The number of carbonyl (C=O) groups excluding carboxylic acids is 1. The number of nitro benzene ring substituents is 1. The molecule has 1 aliphatic carbocycles. The second-order valence-electron chi connectivity index (χ2n) is 4.91. The zero-order chi connectivity index (χ0) is 14.1. The van der Waals surface area contributed by atoms with E-state index in [1.165, 1.54) is 6.07 Å². The van der Waals surface area contributed by atoms with Crippen molar-refractivity contribution >= 4 is 22.2 Å². The summed E-state index contributed by atoms with van der Waals surface area (Å²) >= 11 is 0. The molecule has 0 bridgehead atoms. The van der Waals surface area contributed by atoms with Crippen LogP contribution in [0.15, 0.2) is 36.4 Å². The Morgan fingerprint density at radius 2 is 1.90 bits per heavy atom. The Labute approximate surface area is 115 Å². The van der Waals surface area contributed by atoms with Crippen LogP contribution in [0.25, 0.3) is 10.8 Å². The Balaban J connectivity index is 1.93. The predicted octanol–water partition coefficient (Wildman–Crippen LogP) is 3.11. The van der Waals surface area contributed by atoms with Crippen LogP contribution in [0.2, 0.25) is 0 Å². The molecule has 2 aromatic carbocycles. The number of carbonyl (C=O) groups is 1. The van der Waals surface area contributed by atoms with E-state index in [0.29, 0.717) is 16.5 Å². The summed E-state index contributed by atoms with van der Waals surface area (Å²) in [5.74, 6) is 0.770. The van der Waals surface area contributed by atoms with Crippen molar-refractivity contribution in [1.82, 2.24) is 0 Å². The molecule has 0 heterocycles. The summed E-state index contributed by atoms with van der Waals surface area (Å²) in [6.07, 6.45) is 1.90. The lowest BCUT2D eigenvalue weighted by Gasteiger charge is -2.08. The number of non-ortho nitro benzene ring substituents is 1. The number of nitrogens with zero attached hydrogens (tertiary/aromatic N) is 1. The summed E-state index contributed by atoms with van der Waals surface area (Å²) in [4.78, 5) is 22.2. The first-order valence-corrected chi connectivity index (χ1v) is 6.48. The fourth-order valence-corrected chi connectivity index (χ4v) is 2.21. The molecule has 5 nitrogen and oxygen atoms in total. The first kappa shape index (κ1) is 12.6. The molecule has 0 saturated heterocycles. The highest BCUT2D eigenvalue weighted by atomic mass is 16.6. The number of fused-ring (bicyclic) bond motifs is 1. The topological polar surface area (TPSA) is 69.4 Å². The molecular weight excluding hydrogens is 258 g/mol. The van der Waals surface area contributed by atoms with Crippen molar-refractivity contribution in [1.29, 1.82) is 0 Å². The third kappa shape index (κ3) is 2.34. The fourth-order valence-electron chi connectivity index (χ4n) is 2.21. The van der Waals surface area contributed by atoms with Gasteiger partial charge in [0.05, 0.1) is 10.3 Å². The third-order valence-electron chi connectivity index (χ3n) is 3.46. The number of ketones is 1. The van der Waals surface area contributed by atoms with Crippen molar-refractivity contribution < 1.29 is 14.5 Å². The van der Waals surface area contributed by atoms with Crippen LogP contribution >= 0.6 is 0 Å². The summed E-state index contributed by atoms with van der Waals surface area (Å²) < 4.78 is 5.54. The van der Waals surface area contributed by atoms with Crippen LogP contribution in [-0.2, 0) is 4.79 Å². The Hall–Kier alpha value is -2.43. The Morgan fingerprint density at radius 3 is 2.55 bits per heavy atom. The van der Waals surface area contributed by atoms with Gasteiger partial charge in [-0.05, 0) is 25.0 Å². The van der Waals surface area contributed by atoms with Gasteiger partial charge in [0.1, 0.15) is 12.4 Å². The number of hydrogen-bond acceptors (Lipinski definition) is 4. The molecule has 0 amide bonds. The Morgan fingerprint density at radius 1 is 1.20 bits per heavy atom. The number of Topliss-reactive ketones (excluding diaryl/α,β-unsaturated/α-hetero) is 1. The number of nitro groups is 1. The van der Waals surface area contributed by atoms with Gasteiger partial charge in [-0.2, -0.15) is 0 Å². The fraction of sp³-hybridized carbons (Fsp3) is 0.267. The van der Waals surface area contributed by atoms with Crippen molar-refractivity contribution in [2.75, 3.05) is 6.61 Å². The minimum Gasteiger partial charge on any atom is -0.485 e. The van der Waals surface area contributed by atoms with Gasteiger partial charge < -0.3 is 4.74 Å².